The number of ether oxygens (including phenoxy) is 1. The predicted octanol–water partition coefficient (Wildman–Crippen LogP) is -1.06. The maximum Gasteiger partial charge on any atom is 1.00 e. The van der Waals surface area contributed by atoms with E-state index >= 15 is 0 Å². The molecule has 0 aliphatic heterocycles. The Balaban J connectivity index is 0.000000980. The zero-order valence-electron chi connectivity index (χ0n) is 8.15. The standard InChI is InChI=1S/C7H9BF3O2.K/c1-13-5(12)6-2-7(3-6,4-6)8(9,10)11;/h2-4H2,1H3;/q-1;+1. The van der Waals surface area contributed by atoms with Crippen LogP contribution in [0.3, 0.4) is 0 Å². The maximum atomic E-state index is 12.4. The number of rotatable bonds is 2. The van der Waals surface area contributed by atoms with Gasteiger partial charge in [-0.3, -0.25) is 4.79 Å². The van der Waals surface area contributed by atoms with Crippen molar-refractivity contribution >= 4 is 12.9 Å². The van der Waals surface area contributed by atoms with Crippen LogP contribution in [0, 0.1) is 5.41 Å². The van der Waals surface area contributed by atoms with Gasteiger partial charge < -0.3 is 17.7 Å². The van der Waals surface area contributed by atoms with Crippen molar-refractivity contribution < 1.29 is 73.9 Å². The van der Waals surface area contributed by atoms with E-state index in [-0.39, 0.29) is 70.6 Å². The minimum absolute atomic E-state index is 0. The van der Waals surface area contributed by atoms with Gasteiger partial charge in [-0.2, -0.15) is 0 Å². The Morgan fingerprint density at radius 1 is 1.29 bits per heavy atom. The quantitative estimate of drug-likeness (QED) is 0.448. The molecule has 2 nitrogen and oxygen atoms in total. The smallest absolute Gasteiger partial charge is 0.469 e. The average molecular weight is 232 g/mol. The Labute approximate surface area is 122 Å². The molecule has 0 radical (unpaired) electrons. The van der Waals surface area contributed by atoms with Crippen molar-refractivity contribution in [1.82, 2.24) is 0 Å². The third-order valence-corrected chi connectivity index (χ3v) is 3.38. The first kappa shape index (κ1) is 13.0. The van der Waals surface area contributed by atoms with Crippen LogP contribution < -0.4 is 51.4 Å². The molecule has 0 saturated heterocycles. The van der Waals surface area contributed by atoms with Gasteiger partial charge in [-0.15, -0.1) is 0 Å². The largest absolute Gasteiger partial charge is 1.00 e. The topological polar surface area (TPSA) is 26.3 Å². The van der Waals surface area contributed by atoms with Crippen LogP contribution in [0.25, 0.3) is 0 Å². The molecule has 3 aliphatic carbocycles. The molecule has 0 unspecified atom stereocenters. The van der Waals surface area contributed by atoms with Gasteiger partial charge in [0.25, 0.3) is 0 Å². The van der Waals surface area contributed by atoms with Crippen molar-refractivity contribution in [2.24, 2.45) is 5.41 Å². The molecule has 0 aromatic heterocycles. The zero-order valence-corrected chi connectivity index (χ0v) is 11.3. The summed E-state index contributed by atoms with van der Waals surface area (Å²) in [7, 11) is 1.22. The minimum Gasteiger partial charge on any atom is -0.469 e. The molecule has 2 bridgehead atoms. The van der Waals surface area contributed by atoms with E-state index in [1.54, 1.807) is 0 Å². The van der Waals surface area contributed by atoms with E-state index in [0.29, 0.717) is 0 Å². The first-order valence-electron chi connectivity index (χ1n) is 4.13. The predicted molar refractivity (Wildman–Crippen MR) is 40.1 cm³/mol. The summed E-state index contributed by atoms with van der Waals surface area (Å²) in [6.07, 6.45) is -0.136. The third-order valence-electron chi connectivity index (χ3n) is 3.38. The fourth-order valence-corrected chi connectivity index (χ4v) is 2.65. The van der Waals surface area contributed by atoms with Crippen LogP contribution in [-0.4, -0.2) is 20.1 Å². The van der Waals surface area contributed by atoms with E-state index < -0.39 is 23.7 Å². The van der Waals surface area contributed by atoms with Crippen molar-refractivity contribution in [3.63, 3.8) is 0 Å². The van der Waals surface area contributed by atoms with E-state index in [9.17, 15) is 17.7 Å². The number of methoxy groups -OCH3 is 1. The molecule has 7 heteroatoms. The van der Waals surface area contributed by atoms with Crippen LogP contribution in [0.15, 0.2) is 0 Å². The summed E-state index contributed by atoms with van der Waals surface area (Å²) in [5, 5.41) is -1.49. The molecule has 0 atom stereocenters. The van der Waals surface area contributed by atoms with Gasteiger partial charge in [0.15, 0.2) is 0 Å². The number of carbonyl (C=O) groups is 1. The molecule has 3 saturated carbocycles. The Kier molecular flexibility index (Phi) is 3.24. The second-order valence-corrected chi connectivity index (χ2v) is 4.24. The number of halogens is 3. The molecule has 74 valence electrons. The van der Waals surface area contributed by atoms with Gasteiger partial charge in [0.1, 0.15) is 0 Å². The van der Waals surface area contributed by atoms with Crippen LogP contribution in [-0.2, 0) is 9.53 Å². The first-order chi connectivity index (χ1) is 5.85. The molecule has 0 aromatic rings. The molecule has 14 heavy (non-hydrogen) atoms. The molecule has 0 N–H and O–H groups in total. The van der Waals surface area contributed by atoms with E-state index in [4.69, 9.17) is 0 Å². The van der Waals surface area contributed by atoms with Crippen LogP contribution in [0.5, 0.6) is 0 Å². The van der Waals surface area contributed by atoms with Gasteiger partial charge in [0.05, 0.1) is 12.5 Å². The molecule has 0 heterocycles. The molecule has 3 rings (SSSR count). The van der Waals surface area contributed by atoms with Crippen LogP contribution in [0.1, 0.15) is 19.3 Å². The average Bonchev–Trinajstić information content (AvgIpc) is 1.77. The molecule has 0 spiro atoms. The maximum absolute atomic E-state index is 12.4. The fraction of sp³-hybridized carbons (Fsp3) is 0.857. The third kappa shape index (κ3) is 1.43. The number of hydrogen-bond donors (Lipinski definition) is 0. The van der Waals surface area contributed by atoms with Crippen molar-refractivity contribution in [3.8, 4) is 0 Å². The monoisotopic (exact) mass is 232 g/mol. The summed E-state index contributed by atoms with van der Waals surface area (Å²) in [5.74, 6) is -0.477. The summed E-state index contributed by atoms with van der Waals surface area (Å²) in [6.45, 7) is -4.78. The second kappa shape index (κ2) is 3.48. The molecular formula is C7H9BF3KO2. The molecule has 3 aliphatic rings. The van der Waals surface area contributed by atoms with E-state index in [0.717, 1.165) is 0 Å². The molecule has 3 fully saturated rings. The Hall–Kier alpha value is 0.961. The van der Waals surface area contributed by atoms with Crippen LogP contribution in [0.4, 0.5) is 12.9 Å². The first-order valence-corrected chi connectivity index (χ1v) is 4.13. The van der Waals surface area contributed by atoms with E-state index in [1.807, 2.05) is 0 Å². The van der Waals surface area contributed by atoms with Gasteiger partial charge in [0.2, 0.25) is 0 Å². The Morgan fingerprint density at radius 2 is 1.71 bits per heavy atom. The number of esters is 1. The fourth-order valence-electron chi connectivity index (χ4n) is 2.65. The SMILES string of the molecule is COC(=O)C12CC([B-](F)(F)F)(C1)C2.[K+]. The molecule has 0 aromatic carbocycles. The second-order valence-electron chi connectivity index (χ2n) is 4.24. The normalized spacial score (nSPS) is 38.9. The summed E-state index contributed by atoms with van der Waals surface area (Å²) >= 11 is 0. The van der Waals surface area contributed by atoms with E-state index in [1.165, 1.54) is 7.11 Å². The van der Waals surface area contributed by atoms with Gasteiger partial charge >= 0.3 is 64.3 Å². The van der Waals surface area contributed by atoms with Crippen LogP contribution >= 0.6 is 0 Å². The summed E-state index contributed by atoms with van der Waals surface area (Å²) in [4.78, 5) is 11.0. The van der Waals surface area contributed by atoms with E-state index in [2.05, 4.69) is 4.74 Å². The minimum atomic E-state index is -4.78. The van der Waals surface area contributed by atoms with Crippen molar-refractivity contribution in [2.75, 3.05) is 7.11 Å². The van der Waals surface area contributed by atoms with Crippen molar-refractivity contribution in [2.45, 2.75) is 24.6 Å². The molecular weight excluding hydrogens is 223 g/mol. The van der Waals surface area contributed by atoms with Crippen LogP contribution in [0.2, 0.25) is 5.31 Å². The van der Waals surface area contributed by atoms with Gasteiger partial charge in [0, 0.05) is 0 Å². The van der Waals surface area contributed by atoms with Gasteiger partial charge in [-0.1, -0.05) is 24.6 Å². The van der Waals surface area contributed by atoms with Crippen molar-refractivity contribution in [3.05, 3.63) is 0 Å². The molecule has 0 amide bonds. The number of hydrogen-bond acceptors (Lipinski definition) is 2. The number of carbonyl (C=O) groups excluding carboxylic acids is 1. The summed E-state index contributed by atoms with van der Waals surface area (Å²) in [6, 6.07) is 0. The zero-order chi connectivity index (χ0) is 9.91. The van der Waals surface area contributed by atoms with Crippen molar-refractivity contribution in [1.29, 1.82) is 0 Å². The van der Waals surface area contributed by atoms with Gasteiger partial charge in [-0.25, -0.2) is 0 Å². The van der Waals surface area contributed by atoms with Gasteiger partial charge in [-0.05, 0) is 0 Å². The Morgan fingerprint density at radius 3 is 2.00 bits per heavy atom. The Bertz CT molecular complexity index is 259. The summed E-state index contributed by atoms with van der Waals surface area (Å²) < 4.78 is 41.6. The summed E-state index contributed by atoms with van der Waals surface area (Å²) in [5.41, 5.74) is -0.772.